The minimum atomic E-state index is -0.399. The van der Waals surface area contributed by atoms with E-state index >= 15 is 0 Å². The van der Waals surface area contributed by atoms with Crippen molar-refractivity contribution in [3.63, 3.8) is 0 Å². The molecule has 2 nitrogen and oxygen atoms in total. The van der Waals surface area contributed by atoms with E-state index in [0.717, 1.165) is 45.0 Å². The number of nitrogens with zero attached hydrogens (tertiary/aromatic N) is 2. The van der Waals surface area contributed by atoms with Crippen LogP contribution in [0.1, 0.15) is 25.1 Å². The molecule has 11 aromatic rings. The van der Waals surface area contributed by atoms with Crippen LogP contribution in [0.4, 0.5) is 0 Å². The molecular weight excluding hydrogens is 761 g/mol. The fourth-order valence-corrected chi connectivity index (χ4v) is 10.2. The number of fused-ring (bicyclic) bond motifs is 9. The zero-order valence-corrected chi connectivity index (χ0v) is 35.2. The standard InChI is InChI=1S/C61H42N2/c1-61(2)57-53-32-14-12-30-51(53)50-29-11-13-31-52(50)55(57)56-58(54-33-17-23-41-22-9-10-28-49(41)54)62-60(63-59(56)61)45-27-16-25-43(35-45)42-24-15-26-44(34-42)48-37-46(39-18-5-3-6-19-39)36-47(38-48)40-20-7-4-8-21-40/h3-38H,1-2H3. The summed E-state index contributed by atoms with van der Waals surface area (Å²) >= 11 is 0. The van der Waals surface area contributed by atoms with Crippen LogP contribution in [0.25, 0.3) is 111 Å². The van der Waals surface area contributed by atoms with Crippen molar-refractivity contribution >= 4 is 32.3 Å². The van der Waals surface area contributed by atoms with Crippen LogP contribution < -0.4 is 0 Å². The normalized spacial score (nSPS) is 12.7. The average Bonchev–Trinajstić information content (AvgIpc) is 3.60. The lowest BCUT2D eigenvalue weighted by atomic mass is 9.81. The van der Waals surface area contributed by atoms with Gasteiger partial charge >= 0.3 is 0 Å². The highest BCUT2D eigenvalue weighted by atomic mass is 14.9. The summed E-state index contributed by atoms with van der Waals surface area (Å²) in [6.07, 6.45) is 0. The van der Waals surface area contributed by atoms with E-state index in [4.69, 9.17) is 9.97 Å². The molecule has 1 aliphatic rings. The minimum absolute atomic E-state index is 0.399. The summed E-state index contributed by atoms with van der Waals surface area (Å²) in [5.41, 5.74) is 16.8. The number of benzene rings is 10. The Hall–Kier alpha value is -7.94. The van der Waals surface area contributed by atoms with E-state index in [1.165, 1.54) is 76.8 Å². The predicted octanol–water partition coefficient (Wildman–Crippen LogP) is 16.2. The molecule has 10 aromatic carbocycles. The highest BCUT2D eigenvalue weighted by molar-refractivity contribution is 6.19. The molecule has 0 amide bonds. The Labute approximate surface area is 367 Å². The van der Waals surface area contributed by atoms with E-state index < -0.39 is 5.41 Å². The second-order valence-electron chi connectivity index (χ2n) is 17.3. The van der Waals surface area contributed by atoms with Crippen LogP contribution in [0.15, 0.2) is 218 Å². The van der Waals surface area contributed by atoms with Crippen molar-refractivity contribution in [1.29, 1.82) is 0 Å². The molecule has 0 aliphatic heterocycles. The molecule has 0 unspecified atom stereocenters. The van der Waals surface area contributed by atoms with Gasteiger partial charge in [-0.15, -0.1) is 0 Å². The van der Waals surface area contributed by atoms with E-state index in [1.54, 1.807) is 0 Å². The van der Waals surface area contributed by atoms with Gasteiger partial charge in [0.05, 0.1) is 11.4 Å². The van der Waals surface area contributed by atoms with Crippen LogP contribution in [0.5, 0.6) is 0 Å². The smallest absolute Gasteiger partial charge is 0.160 e. The molecule has 0 radical (unpaired) electrons. The van der Waals surface area contributed by atoms with E-state index in [-0.39, 0.29) is 0 Å². The molecule has 0 fully saturated rings. The summed E-state index contributed by atoms with van der Waals surface area (Å²) in [6, 6.07) is 79.0. The van der Waals surface area contributed by atoms with Gasteiger partial charge in [0.15, 0.2) is 5.82 Å². The van der Waals surface area contributed by atoms with Gasteiger partial charge in [-0.05, 0) is 118 Å². The van der Waals surface area contributed by atoms with Crippen molar-refractivity contribution in [1.82, 2.24) is 9.97 Å². The third kappa shape index (κ3) is 6.09. The van der Waals surface area contributed by atoms with E-state index in [9.17, 15) is 0 Å². The van der Waals surface area contributed by atoms with E-state index in [0.29, 0.717) is 0 Å². The predicted molar refractivity (Wildman–Crippen MR) is 265 cm³/mol. The van der Waals surface area contributed by atoms with Gasteiger partial charge in [0.1, 0.15) is 0 Å². The molecule has 0 saturated carbocycles. The topological polar surface area (TPSA) is 25.8 Å². The molecule has 1 heterocycles. The van der Waals surface area contributed by atoms with Crippen molar-refractivity contribution in [2.75, 3.05) is 0 Å². The van der Waals surface area contributed by atoms with Gasteiger partial charge in [0.2, 0.25) is 0 Å². The monoisotopic (exact) mass is 802 g/mol. The first-order chi connectivity index (χ1) is 31.0. The van der Waals surface area contributed by atoms with E-state index in [1.807, 2.05) is 0 Å². The van der Waals surface area contributed by atoms with Crippen LogP contribution in [-0.4, -0.2) is 9.97 Å². The number of rotatable bonds is 6. The summed E-state index contributed by atoms with van der Waals surface area (Å²) in [6.45, 7) is 4.70. The highest BCUT2D eigenvalue weighted by Crippen LogP contribution is 2.57. The fraction of sp³-hybridized carbons (Fsp3) is 0.0492. The maximum Gasteiger partial charge on any atom is 0.160 e. The molecule has 0 bridgehead atoms. The lowest BCUT2D eigenvalue weighted by Crippen LogP contribution is -2.18. The lowest BCUT2D eigenvalue weighted by molar-refractivity contribution is 0.641. The molecule has 0 N–H and O–H groups in total. The van der Waals surface area contributed by atoms with Crippen LogP contribution in [-0.2, 0) is 5.41 Å². The summed E-state index contributed by atoms with van der Waals surface area (Å²) in [5.74, 6) is 0.729. The van der Waals surface area contributed by atoms with Gasteiger partial charge in [0.25, 0.3) is 0 Å². The molecule has 0 saturated heterocycles. The number of hydrogen-bond donors (Lipinski definition) is 0. The maximum absolute atomic E-state index is 5.65. The Morgan fingerprint density at radius 1 is 0.317 bits per heavy atom. The second-order valence-corrected chi connectivity index (χ2v) is 17.3. The molecular formula is C61H42N2. The maximum atomic E-state index is 5.65. The Kier molecular flexibility index (Phi) is 8.55. The summed E-state index contributed by atoms with van der Waals surface area (Å²) in [5, 5.41) is 7.40. The van der Waals surface area contributed by atoms with Crippen molar-refractivity contribution in [3.8, 4) is 78.3 Å². The first-order valence-electron chi connectivity index (χ1n) is 21.8. The number of hydrogen-bond acceptors (Lipinski definition) is 2. The van der Waals surface area contributed by atoms with E-state index in [2.05, 4.69) is 232 Å². The van der Waals surface area contributed by atoms with Crippen LogP contribution in [0, 0.1) is 0 Å². The molecule has 12 rings (SSSR count). The van der Waals surface area contributed by atoms with Gasteiger partial charge in [-0.3, -0.25) is 0 Å². The quantitative estimate of drug-likeness (QED) is 0.157. The zero-order chi connectivity index (χ0) is 42.1. The second kappa shape index (κ2) is 14.6. The van der Waals surface area contributed by atoms with Crippen LogP contribution >= 0.6 is 0 Å². The molecule has 296 valence electrons. The van der Waals surface area contributed by atoms with Gasteiger partial charge in [-0.25, -0.2) is 9.97 Å². The molecule has 0 spiro atoms. The van der Waals surface area contributed by atoms with Crippen LogP contribution in [0.3, 0.4) is 0 Å². The number of aromatic nitrogens is 2. The highest BCUT2D eigenvalue weighted by Gasteiger charge is 2.42. The van der Waals surface area contributed by atoms with Gasteiger partial charge in [0, 0.05) is 22.1 Å². The molecule has 1 aliphatic carbocycles. The Balaban J connectivity index is 1.04. The van der Waals surface area contributed by atoms with Gasteiger partial charge in [-0.2, -0.15) is 0 Å². The molecule has 0 atom stereocenters. The molecule has 2 heteroatoms. The third-order valence-electron chi connectivity index (χ3n) is 13.2. The third-order valence-corrected chi connectivity index (χ3v) is 13.2. The summed E-state index contributed by atoms with van der Waals surface area (Å²) in [4.78, 5) is 11.3. The minimum Gasteiger partial charge on any atom is -0.231 e. The lowest BCUT2D eigenvalue weighted by Gasteiger charge is -2.23. The van der Waals surface area contributed by atoms with Crippen molar-refractivity contribution in [2.24, 2.45) is 0 Å². The summed E-state index contributed by atoms with van der Waals surface area (Å²) in [7, 11) is 0. The largest absolute Gasteiger partial charge is 0.231 e. The van der Waals surface area contributed by atoms with Crippen molar-refractivity contribution in [3.05, 3.63) is 230 Å². The first-order valence-corrected chi connectivity index (χ1v) is 21.8. The van der Waals surface area contributed by atoms with Gasteiger partial charge in [-0.1, -0.05) is 202 Å². The zero-order valence-electron chi connectivity index (χ0n) is 35.2. The SMILES string of the molecule is CC1(C)c2nc(-c3cccc(-c4cccc(-c5cc(-c6ccccc6)cc(-c6ccccc6)c5)c4)c3)nc(-c3cccc4ccccc34)c2-c2c1c1ccccc1c1ccccc21. The molecule has 1 aromatic heterocycles. The Morgan fingerprint density at radius 2 is 0.746 bits per heavy atom. The first kappa shape index (κ1) is 36.9. The average molecular weight is 803 g/mol. The Morgan fingerprint density at radius 3 is 1.40 bits per heavy atom. The van der Waals surface area contributed by atoms with Gasteiger partial charge < -0.3 is 0 Å². The molecule has 63 heavy (non-hydrogen) atoms. The van der Waals surface area contributed by atoms with Crippen molar-refractivity contribution < 1.29 is 0 Å². The van der Waals surface area contributed by atoms with Crippen molar-refractivity contribution in [2.45, 2.75) is 19.3 Å². The van der Waals surface area contributed by atoms with Crippen LogP contribution in [0.2, 0.25) is 0 Å². The summed E-state index contributed by atoms with van der Waals surface area (Å²) < 4.78 is 0. The fourth-order valence-electron chi connectivity index (χ4n) is 10.2. The Bertz CT molecular complexity index is 3520.